The number of primary amides is 1. The van der Waals surface area contributed by atoms with Gasteiger partial charge in [0.25, 0.3) is 0 Å². The number of benzene rings is 4. The van der Waals surface area contributed by atoms with Crippen LogP contribution < -0.4 is 27.0 Å². The standard InChI is InChI=1S/C51H58N6O8/c1-34(2)65-47(61)24-17-35-13-18-38(19-14-35)39-20-15-36(16-21-39)29-43-49(63)54-32-41-12-7-6-11-40(41)30-45(59)55-42(48(52)62)25-27-53-44(58)22-23-46(60)57-28-8-26-51(33-57,50(64)56-43)31-37-9-4-3-5-10-37/h3-7,9-16,18-23,34,42-43H,8,17,24-33H2,1-2H3,(H2,52,62)(H,53,58)(H,54,63)(H,55,59)(H,56,64)/b23-22+/t42-,43-,51-/m0/s1. The SMILES string of the molecule is CC(C)OC(=O)CCc1ccc(-c2ccc(C[C@@H]3NC(=O)[C@]4(Cc5ccccc5)CCCN(C4)C(=O)/C=C/C(=O)NCC[C@@H](C(N)=O)NC(=O)Cc4ccccc4CNC3=O)cc2)cc1. The Bertz CT molecular complexity index is 2370. The van der Waals surface area contributed by atoms with E-state index in [4.69, 9.17) is 10.5 Å². The highest BCUT2D eigenvalue weighted by molar-refractivity contribution is 5.97. The van der Waals surface area contributed by atoms with Gasteiger partial charge in [0.1, 0.15) is 12.1 Å². The highest BCUT2D eigenvalue weighted by atomic mass is 16.5. The Balaban J connectivity index is 1.29. The second-order valence-electron chi connectivity index (χ2n) is 17.1. The first-order valence-corrected chi connectivity index (χ1v) is 22.2. The summed E-state index contributed by atoms with van der Waals surface area (Å²) >= 11 is 0. The highest BCUT2D eigenvalue weighted by Gasteiger charge is 2.44. The van der Waals surface area contributed by atoms with Crippen LogP contribution in [0, 0.1) is 5.41 Å². The molecule has 0 aromatic heterocycles. The molecule has 3 atom stereocenters. The van der Waals surface area contributed by atoms with Crippen molar-refractivity contribution in [3.05, 3.63) is 143 Å². The average Bonchev–Trinajstić information content (AvgIpc) is 3.29. The van der Waals surface area contributed by atoms with Crippen molar-refractivity contribution in [2.24, 2.45) is 11.1 Å². The van der Waals surface area contributed by atoms with Gasteiger partial charge in [0.05, 0.1) is 17.9 Å². The normalized spacial score (nSPS) is 20.7. The highest BCUT2D eigenvalue weighted by Crippen LogP contribution is 2.35. The molecule has 340 valence electrons. The van der Waals surface area contributed by atoms with E-state index >= 15 is 0 Å². The smallest absolute Gasteiger partial charge is 0.306 e. The summed E-state index contributed by atoms with van der Waals surface area (Å²) in [6.07, 6.45) is 4.26. The second-order valence-corrected chi connectivity index (χ2v) is 17.1. The molecular formula is C51H58N6O8. The Hall–Kier alpha value is -7.09. The number of ether oxygens (including phenoxy) is 1. The van der Waals surface area contributed by atoms with E-state index in [-0.39, 0.29) is 56.9 Å². The van der Waals surface area contributed by atoms with Crippen LogP contribution in [-0.4, -0.2) is 84.1 Å². The van der Waals surface area contributed by atoms with E-state index in [0.717, 1.165) is 40.0 Å². The van der Waals surface area contributed by atoms with Gasteiger partial charge in [-0.1, -0.05) is 103 Å². The van der Waals surface area contributed by atoms with Crippen molar-refractivity contribution in [2.75, 3.05) is 19.6 Å². The number of carbonyl (C=O) groups is 7. The van der Waals surface area contributed by atoms with E-state index in [1.165, 1.54) is 0 Å². The van der Waals surface area contributed by atoms with Crippen molar-refractivity contribution in [2.45, 2.75) is 89.9 Å². The van der Waals surface area contributed by atoms with E-state index in [1.54, 1.807) is 29.2 Å². The van der Waals surface area contributed by atoms with Crippen LogP contribution >= 0.6 is 0 Å². The molecule has 6 amide bonds. The van der Waals surface area contributed by atoms with Gasteiger partial charge in [-0.05, 0) is 84.9 Å². The summed E-state index contributed by atoms with van der Waals surface area (Å²) in [5.41, 5.74) is 10.4. The molecule has 14 nitrogen and oxygen atoms in total. The quantitative estimate of drug-likeness (QED) is 0.147. The fourth-order valence-corrected chi connectivity index (χ4v) is 8.30. The zero-order valence-electron chi connectivity index (χ0n) is 37.0. The Morgan fingerprint density at radius 1 is 0.785 bits per heavy atom. The topological polar surface area (TPSA) is 206 Å². The van der Waals surface area contributed by atoms with Crippen molar-refractivity contribution in [3.8, 4) is 11.1 Å². The summed E-state index contributed by atoms with van der Waals surface area (Å²) in [6, 6.07) is 30.2. The average molecular weight is 883 g/mol. The molecule has 0 radical (unpaired) electrons. The van der Waals surface area contributed by atoms with Crippen LogP contribution in [0.1, 0.15) is 67.3 Å². The van der Waals surface area contributed by atoms with Gasteiger partial charge >= 0.3 is 5.97 Å². The van der Waals surface area contributed by atoms with Gasteiger partial charge in [-0.2, -0.15) is 0 Å². The largest absolute Gasteiger partial charge is 0.463 e. The van der Waals surface area contributed by atoms with Gasteiger partial charge in [-0.3, -0.25) is 33.6 Å². The van der Waals surface area contributed by atoms with Crippen LogP contribution in [0.2, 0.25) is 0 Å². The molecule has 0 unspecified atom stereocenters. The summed E-state index contributed by atoms with van der Waals surface area (Å²) in [6.45, 7) is 4.10. The molecule has 4 aromatic rings. The molecule has 4 aromatic carbocycles. The predicted molar refractivity (Wildman–Crippen MR) is 245 cm³/mol. The molecule has 0 saturated carbocycles. The van der Waals surface area contributed by atoms with Gasteiger partial charge in [0.2, 0.25) is 35.4 Å². The maximum absolute atomic E-state index is 14.9. The molecule has 6 rings (SSSR count). The lowest BCUT2D eigenvalue weighted by atomic mass is 9.74. The molecule has 65 heavy (non-hydrogen) atoms. The lowest BCUT2D eigenvalue weighted by Gasteiger charge is -2.42. The van der Waals surface area contributed by atoms with Crippen LogP contribution in [0.4, 0.5) is 0 Å². The number of piperidine rings is 1. The zero-order valence-corrected chi connectivity index (χ0v) is 37.0. The molecule has 2 bridgehead atoms. The molecule has 14 heteroatoms. The summed E-state index contributed by atoms with van der Waals surface area (Å²) in [4.78, 5) is 94.8. The van der Waals surface area contributed by atoms with Gasteiger partial charge in [-0.15, -0.1) is 0 Å². The molecule has 1 saturated heterocycles. The number of aryl methyl sites for hydroxylation is 1. The lowest BCUT2D eigenvalue weighted by molar-refractivity contribution is -0.147. The molecule has 2 aliphatic rings. The molecule has 6 N–H and O–H groups in total. The molecule has 2 aliphatic heterocycles. The van der Waals surface area contributed by atoms with Crippen LogP contribution in [0.3, 0.4) is 0 Å². The summed E-state index contributed by atoms with van der Waals surface area (Å²) in [5.74, 6) is -3.34. The maximum atomic E-state index is 14.9. The Kier molecular flexibility index (Phi) is 16.4. The summed E-state index contributed by atoms with van der Waals surface area (Å²) < 4.78 is 5.26. The van der Waals surface area contributed by atoms with E-state index in [1.807, 2.05) is 92.7 Å². The Morgan fingerprint density at radius 2 is 1.45 bits per heavy atom. The maximum Gasteiger partial charge on any atom is 0.306 e. The zero-order chi connectivity index (χ0) is 46.3. The van der Waals surface area contributed by atoms with Crippen molar-refractivity contribution in [1.82, 2.24) is 26.2 Å². The number of nitrogens with zero attached hydrogens (tertiary/aromatic N) is 1. The van der Waals surface area contributed by atoms with E-state index in [2.05, 4.69) is 21.3 Å². The fraction of sp³-hybridized carbons (Fsp3) is 0.353. The first-order valence-electron chi connectivity index (χ1n) is 22.2. The third kappa shape index (κ3) is 13.7. The van der Waals surface area contributed by atoms with Crippen LogP contribution in [-0.2, 0) is 70.5 Å². The monoisotopic (exact) mass is 882 g/mol. The number of carbonyl (C=O) groups excluding carboxylic acids is 7. The molecule has 0 spiro atoms. The van der Waals surface area contributed by atoms with Gasteiger partial charge in [-0.25, -0.2) is 0 Å². The van der Waals surface area contributed by atoms with Gasteiger partial charge in [0.15, 0.2) is 0 Å². The number of nitrogens with two attached hydrogens (primary N) is 1. The Labute approximate surface area is 379 Å². The minimum atomic E-state index is -1.12. The Morgan fingerprint density at radius 3 is 2.12 bits per heavy atom. The number of hydrogen-bond acceptors (Lipinski definition) is 8. The first kappa shape index (κ1) is 47.4. The van der Waals surface area contributed by atoms with Crippen molar-refractivity contribution < 1.29 is 38.3 Å². The number of amides is 6. The third-order valence-electron chi connectivity index (χ3n) is 11.8. The molecule has 1 fully saturated rings. The molecular weight excluding hydrogens is 825 g/mol. The van der Waals surface area contributed by atoms with Crippen LogP contribution in [0.25, 0.3) is 11.1 Å². The number of nitrogens with one attached hydrogen (secondary N) is 4. The number of fused-ring (bicyclic) bond motifs is 3. The first-order chi connectivity index (χ1) is 31.3. The summed E-state index contributed by atoms with van der Waals surface area (Å²) in [5, 5.41) is 11.4. The summed E-state index contributed by atoms with van der Waals surface area (Å²) in [7, 11) is 0. The van der Waals surface area contributed by atoms with Crippen molar-refractivity contribution in [1.29, 1.82) is 0 Å². The van der Waals surface area contributed by atoms with Crippen molar-refractivity contribution in [3.63, 3.8) is 0 Å². The van der Waals surface area contributed by atoms with Gasteiger partial charge in [0, 0.05) is 51.2 Å². The van der Waals surface area contributed by atoms with E-state index in [0.29, 0.717) is 49.8 Å². The third-order valence-corrected chi connectivity index (χ3v) is 11.8. The number of esters is 1. The minimum Gasteiger partial charge on any atom is -0.463 e. The second kappa shape index (κ2) is 22.5. The molecule has 0 aliphatic carbocycles. The van der Waals surface area contributed by atoms with E-state index < -0.39 is 47.0 Å². The minimum absolute atomic E-state index is 0.00246. The number of hydrogen-bond donors (Lipinski definition) is 5. The van der Waals surface area contributed by atoms with Gasteiger partial charge < -0.3 is 36.6 Å². The fourth-order valence-electron chi connectivity index (χ4n) is 8.30. The molecule has 2 heterocycles. The predicted octanol–water partition coefficient (Wildman–Crippen LogP) is 4.02. The van der Waals surface area contributed by atoms with E-state index in [9.17, 15) is 33.6 Å². The van der Waals surface area contributed by atoms with Crippen molar-refractivity contribution >= 4 is 41.4 Å². The number of rotatable bonds is 10. The van der Waals surface area contributed by atoms with Crippen LogP contribution in [0.5, 0.6) is 0 Å². The van der Waals surface area contributed by atoms with Crippen LogP contribution in [0.15, 0.2) is 115 Å². The lowest BCUT2D eigenvalue weighted by Crippen LogP contribution is -2.58.